The lowest BCUT2D eigenvalue weighted by atomic mass is 9.98. The van der Waals surface area contributed by atoms with Gasteiger partial charge in [-0.05, 0) is 49.4 Å². The zero-order chi connectivity index (χ0) is 13.0. The summed E-state index contributed by atoms with van der Waals surface area (Å²) < 4.78 is 1.08. The summed E-state index contributed by atoms with van der Waals surface area (Å²) in [7, 11) is 0. The molecule has 1 aliphatic heterocycles. The summed E-state index contributed by atoms with van der Waals surface area (Å²) in [5, 5.41) is 9.18. The van der Waals surface area contributed by atoms with Gasteiger partial charge in [0.1, 0.15) is 0 Å². The monoisotopic (exact) mass is 312 g/mol. The van der Waals surface area contributed by atoms with Crippen LogP contribution in [0.3, 0.4) is 0 Å². The molecule has 0 spiro atoms. The molecule has 0 radical (unpaired) electrons. The number of halogens is 1. The average molecular weight is 313 g/mol. The Morgan fingerprint density at radius 2 is 2.17 bits per heavy atom. The van der Waals surface area contributed by atoms with Gasteiger partial charge in [-0.15, -0.1) is 0 Å². The smallest absolute Gasteiger partial charge is 0.0450 e. The number of rotatable bonds is 4. The van der Waals surface area contributed by atoms with Crippen LogP contribution >= 0.6 is 15.9 Å². The van der Waals surface area contributed by atoms with Gasteiger partial charge < -0.3 is 15.7 Å². The third kappa shape index (κ3) is 3.25. The molecule has 18 heavy (non-hydrogen) atoms. The number of piperidine rings is 1. The quantitative estimate of drug-likeness (QED) is 0.898. The van der Waals surface area contributed by atoms with Crippen molar-refractivity contribution in [3.63, 3.8) is 0 Å². The summed E-state index contributed by atoms with van der Waals surface area (Å²) in [4.78, 5) is 2.42. The molecule has 0 bridgehead atoms. The van der Waals surface area contributed by atoms with E-state index in [4.69, 9.17) is 5.73 Å². The fourth-order valence-corrected chi connectivity index (χ4v) is 3.24. The van der Waals surface area contributed by atoms with Gasteiger partial charge in [0.2, 0.25) is 0 Å². The van der Waals surface area contributed by atoms with E-state index in [2.05, 4.69) is 39.0 Å². The Labute approximate surface area is 117 Å². The van der Waals surface area contributed by atoms with Gasteiger partial charge >= 0.3 is 0 Å². The summed E-state index contributed by atoms with van der Waals surface area (Å²) in [6.07, 6.45) is 4.51. The van der Waals surface area contributed by atoms with Crippen LogP contribution in [0.1, 0.15) is 31.2 Å². The molecule has 1 aliphatic rings. The molecule has 1 aromatic carbocycles. The van der Waals surface area contributed by atoms with Crippen molar-refractivity contribution in [2.24, 2.45) is 5.73 Å². The number of hydrogen-bond donors (Lipinski definition) is 2. The Bertz CT molecular complexity index is 395. The molecule has 1 heterocycles. The second kappa shape index (κ2) is 6.55. The SMILES string of the molecule is NCc1cc(Br)cc(N2CCCCC2CCO)c1. The highest BCUT2D eigenvalue weighted by Crippen LogP contribution is 2.29. The van der Waals surface area contributed by atoms with Gasteiger partial charge in [0, 0.05) is 35.9 Å². The van der Waals surface area contributed by atoms with Crippen molar-refractivity contribution in [2.75, 3.05) is 18.1 Å². The van der Waals surface area contributed by atoms with E-state index in [1.165, 1.54) is 24.9 Å². The normalized spacial score (nSPS) is 20.2. The standard InChI is InChI=1S/C14H21BrN2O/c15-12-7-11(10-16)8-14(9-12)17-5-2-1-3-13(17)4-6-18/h7-9,13,18H,1-6,10,16H2. The molecule has 1 atom stereocenters. The molecule has 1 unspecified atom stereocenters. The number of nitrogens with two attached hydrogens (primary N) is 1. The maximum absolute atomic E-state index is 9.18. The van der Waals surface area contributed by atoms with Gasteiger partial charge in [-0.3, -0.25) is 0 Å². The molecule has 4 heteroatoms. The molecule has 0 saturated carbocycles. The number of benzene rings is 1. The van der Waals surface area contributed by atoms with Crippen molar-refractivity contribution in [3.8, 4) is 0 Å². The van der Waals surface area contributed by atoms with Crippen molar-refractivity contribution < 1.29 is 5.11 Å². The van der Waals surface area contributed by atoms with Crippen molar-refractivity contribution in [2.45, 2.75) is 38.3 Å². The lowest BCUT2D eigenvalue weighted by Crippen LogP contribution is -2.40. The van der Waals surface area contributed by atoms with E-state index >= 15 is 0 Å². The maximum atomic E-state index is 9.18. The zero-order valence-corrected chi connectivity index (χ0v) is 12.2. The summed E-state index contributed by atoms with van der Waals surface area (Å²) >= 11 is 3.55. The Morgan fingerprint density at radius 3 is 2.89 bits per heavy atom. The van der Waals surface area contributed by atoms with Gasteiger partial charge in [0.25, 0.3) is 0 Å². The number of hydrogen-bond acceptors (Lipinski definition) is 3. The Kier molecular flexibility index (Phi) is 5.03. The minimum Gasteiger partial charge on any atom is -0.396 e. The second-order valence-electron chi connectivity index (χ2n) is 4.88. The van der Waals surface area contributed by atoms with E-state index in [9.17, 15) is 5.11 Å². The highest BCUT2D eigenvalue weighted by molar-refractivity contribution is 9.10. The van der Waals surface area contributed by atoms with Crippen LogP contribution in [0, 0.1) is 0 Å². The average Bonchev–Trinajstić information content (AvgIpc) is 2.39. The van der Waals surface area contributed by atoms with E-state index in [-0.39, 0.29) is 6.61 Å². The van der Waals surface area contributed by atoms with Gasteiger partial charge in [-0.2, -0.15) is 0 Å². The Morgan fingerprint density at radius 1 is 1.33 bits per heavy atom. The summed E-state index contributed by atoms with van der Waals surface area (Å²) in [6, 6.07) is 6.84. The van der Waals surface area contributed by atoms with Crippen LogP contribution in [0.25, 0.3) is 0 Å². The van der Waals surface area contributed by atoms with Gasteiger partial charge in [-0.1, -0.05) is 15.9 Å². The van der Waals surface area contributed by atoms with E-state index in [1.54, 1.807) is 0 Å². The largest absolute Gasteiger partial charge is 0.396 e. The molecule has 100 valence electrons. The molecule has 0 aromatic heterocycles. The molecule has 0 aliphatic carbocycles. The van der Waals surface area contributed by atoms with Gasteiger partial charge in [-0.25, -0.2) is 0 Å². The van der Waals surface area contributed by atoms with Crippen molar-refractivity contribution in [1.82, 2.24) is 0 Å². The maximum Gasteiger partial charge on any atom is 0.0450 e. The van der Waals surface area contributed by atoms with Crippen molar-refractivity contribution >= 4 is 21.6 Å². The van der Waals surface area contributed by atoms with Gasteiger partial charge in [0.05, 0.1) is 0 Å². The summed E-state index contributed by atoms with van der Waals surface area (Å²) in [6.45, 7) is 1.90. The van der Waals surface area contributed by atoms with Crippen LogP contribution in [-0.4, -0.2) is 24.3 Å². The van der Waals surface area contributed by atoms with Crippen LogP contribution in [0.5, 0.6) is 0 Å². The van der Waals surface area contributed by atoms with Crippen LogP contribution in [0.4, 0.5) is 5.69 Å². The fourth-order valence-electron chi connectivity index (χ4n) is 2.71. The second-order valence-corrected chi connectivity index (χ2v) is 5.79. The third-order valence-electron chi connectivity index (χ3n) is 3.60. The summed E-state index contributed by atoms with van der Waals surface area (Å²) in [5.41, 5.74) is 8.10. The topological polar surface area (TPSA) is 49.5 Å². The number of aliphatic hydroxyl groups is 1. The molecular weight excluding hydrogens is 292 g/mol. The fraction of sp³-hybridized carbons (Fsp3) is 0.571. The third-order valence-corrected chi connectivity index (χ3v) is 4.06. The van der Waals surface area contributed by atoms with Crippen LogP contribution in [0.2, 0.25) is 0 Å². The summed E-state index contributed by atoms with van der Waals surface area (Å²) in [5.74, 6) is 0. The Hall–Kier alpha value is -0.580. The highest BCUT2D eigenvalue weighted by Gasteiger charge is 2.22. The lowest BCUT2D eigenvalue weighted by Gasteiger charge is -2.37. The minimum atomic E-state index is 0.263. The first-order valence-electron chi connectivity index (χ1n) is 6.61. The van der Waals surface area contributed by atoms with Gasteiger partial charge in [0.15, 0.2) is 0 Å². The lowest BCUT2D eigenvalue weighted by molar-refractivity contribution is 0.262. The molecule has 1 aromatic rings. The van der Waals surface area contributed by atoms with E-state index in [1.807, 2.05) is 0 Å². The Balaban J connectivity index is 2.24. The molecule has 0 amide bonds. The zero-order valence-electron chi connectivity index (χ0n) is 10.6. The molecule has 3 nitrogen and oxygen atoms in total. The molecule has 1 fully saturated rings. The predicted molar refractivity (Wildman–Crippen MR) is 78.7 cm³/mol. The predicted octanol–water partition coefficient (Wildman–Crippen LogP) is 2.65. The van der Waals surface area contributed by atoms with Crippen molar-refractivity contribution in [1.29, 1.82) is 0 Å². The first-order chi connectivity index (χ1) is 8.74. The van der Waals surface area contributed by atoms with Crippen LogP contribution in [0.15, 0.2) is 22.7 Å². The van der Waals surface area contributed by atoms with Crippen molar-refractivity contribution in [3.05, 3.63) is 28.2 Å². The number of anilines is 1. The van der Waals surface area contributed by atoms with E-state index < -0.39 is 0 Å². The highest BCUT2D eigenvalue weighted by atomic mass is 79.9. The number of nitrogens with zero attached hydrogens (tertiary/aromatic N) is 1. The molecule has 1 saturated heterocycles. The van der Waals surface area contributed by atoms with Crippen LogP contribution in [-0.2, 0) is 6.54 Å². The van der Waals surface area contributed by atoms with E-state index in [0.717, 1.165) is 23.0 Å². The molecule has 3 N–H and O–H groups in total. The minimum absolute atomic E-state index is 0.263. The van der Waals surface area contributed by atoms with E-state index in [0.29, 0.717) is 12.6 Å². The molecule has 2 rings (SSSR count). The number of aliphatic hydroxyl groups excluding tert-OH is 1. The first-order valence-corrected chi connectivity index (χ1v) is 7.41. The first kappa shape index (κ1) is 13.8. The molecular formula is C14H21BrN2O. The van der Waals surface area contributed by atoms with Crippen LogP contribution < -0.4 is 10.6 Å².